The first-order valence-electron chi connectivity index (χ1n) is 20.4. The van der Waals surface area contributed by atoms with Crippen LogP contribution in [0.4, 0.5) is 0 Å². The van der Waals surface area contributed by atoms with Crippen molar-refractivity contribution >= 4 is 19.8 Å². The maximum Gasteiger partial charge on any atom is 0.472 e. The second-order valence-corrected chi connectivity index (χ2v) is 14.6. The van der Waals surface area contributed by atoms with Gasteiger partial charge in [-0.2, -0.15) is 0 Å². The predicted molar refractivity (Wildman–Crippen MR) is 219 cm³/mol. The topological polar surface area (TPSA) is 134 Å². The second-order valence-electron chi connectivity index (χ2n) is 13.1. The molecule has 3 N–H and O–H groups in total. The van der Waals surface area contributed by atoms with E-state index in [-0.39, 0.29) is 32.6 Å². The fourth-order valence-corrected chi connectivity index (χ4v) is 5.84. The molecule has 1 unspecified atom stereocenters. The Labute approximate surface area is 322 Å². The van der Waals surface area contributed by atoms with Gasteiger partial charge in [0.15, 0.2) is 6.10 Å². The summed E-state index contributed by atoms with van der Waals surface area (Å²) in [5, 5.41) is 0. The molecule has 2 atom stereocenters. The Hall–Kier alpha value is -2.55. The van der Waals surface area contributed by atoms with Crippen molar-refractivity contribution < 1.29 is 37.6 Å². The van der Waals surface area contributed by atoms with E-state index in [2.05, 4.69) is 86.8 Å². The van der Waals surface area contributed by atoms with Crippen molar-refractivity contribution in [3.63, 3.8) is 0 Å². The van der Waals surface area contributed by atoms with E-state index in [1.807, 2.05) is 0 Å². The van der Waals surface area contributed by atoms with Crippen molar-refractivity contribution in [1.29, 1.82) is 0 Å². The van der Waals surface area contributed by atoms with Gasteiger partial charge in [-0.1, -0.05) is 138 Å². The van der Waals surface area contributed by atoms with Crippen LogP contribution in [0.15, 0.2) is 72.9 Å². The summed E-state index contributed by atoms with van der Waals surface area (Å²) >= 11 is 0. The zero-order valence-electron chi connectivity index (χ0n) is 33.2. The lowest BCUT2D eigenvalue weighted by atomic mass is 10.1. The Morgan fingerprint density at radius 2 is 1.06 bits per heavy atom. The predicted octanol–water partition coefficient (Wildman–Crippen LogP) is 11.5. The number of hydrogen-bond acceptors (Lipinski definition) is 8. The average molecular weight is 764 g/mol. The largest absolute Gasteiger partial charge is 0.472 e. The third-order valence-electron chi connectivity index (χ3n) is 8.08. The monoisotopic (exact) mass is 764 g/mol. The van der Waals surface area contributed by atoms with Gasteiger partial charge in [-0.15, -0.1) is 0 Å². The number of hydrogen-bond donors (Lipinski definition) is 2. The van der Waals surface area contributed by atoms with Crippen molar-refractivity contribution in [3.05, 3.63) is 72.9 Å². The number of allylic oxidation sites excluding steroid dienone is 12. The minimum atomic E-state index is -4.39. The molecule has 0 aromatic rings. The summed E-state index contributed by atoms with van der Waals surface area (Å²) in [4.78, 5) is 34.8. The summed E-state index contributed by atoms with van der Waals surface area (Å²) < 4.78 is 32.6. The maximum absolute atomic E-state index is 12.5. The highest BCUT2D eigenvalue weighted by Crippen LogP contribution is 2.43. The number of carbonyl (C=O) groups is 2. The molecule has 0 rings (SSSR count). The zero-order valence-corrected chi connectivity index (χ0v) is 34.1. The molecule has 0 saturated heterocycles. The Bertz CT molecular complexity index is 1100. The fraction of sp³-hybridized carbons (Fsp3) is 0.674. The van der Waals surface area contributed by atoms with Crippen LogP contribution in [-0.2, 0) is 32.7 Å². The molecule has 304 valence electrons. The molecule has 0 aliphatic heterocycles. The lowest BCUT2D eigenvalue weighted by Crippen LogP contribution is -2.29. The molecule has 9 nitrogen and oxygen atoms in total. The Morgan fingerprint density at radius 1 is 0.585 bits per heavy atom. The molecule has 53 heavy (non-hydrogen) atoms. The molecule has 0 aromatic heterocycles. The molecule has 0 saturated carbocycles. The van der Waals surface area contributed by atoms with Crippen molar-refractivity contribution in [1.82, 2.24) is 0 Å². The van der Waals surface area contributed by atoms with Crippen molar-refractivity contribution in [3.8, 4) is 0 Å². The molecule has 0 heterocycles. The molecular weight excluding hydrogens is 689 g/mol. The van der Waals surface area contributed by atoms with E-state index in [1.165, 1.54) is 38.5 Å². The number of nitrogens with two attached hydrogens (primary N) is 1. The number of rotatable bonds is 37. The molecule has 0 amide bonds. The van der Waals surface area contributed by atoms with Crippen LogP contribution in [0.1, 0.15) is 155 Å². The van der Waals surface area contributed by atoms with Gasteiger partial charge in [0.25, 0.3) is 0 Å². The van der Waals surface area contributed by atoms with Crippen LogP contribution in [-0.4, -0.2) is 49.3 Å². The van der Waals surface area contributed by atoms with Crippen LogP contribution in [0.3, 0.4) is 0 Å². The van der Waals surface area contributed by atoms with E-state index in [0.29, 0.717) is 12.8 Å². The minimum absolute atomic E-state index is 0.0402. The van der Waals surface area contributed by atoms with Gasteiger partial charge in [0, 0.05) is 19.4 Å². The smallest absolute Gasteiger partial charge is 0.462 e. The Morgan fingerprint density at radius 3 is 1.60 bits per heavy atom. The highest BCUT2D eigenvalue weighted by molar-refractivity contribution is 7.47. The molecule has 0 bridgehead atoms. The number of carbonyl (C=O) groups excluding carboxylic acids is 2. The third-order valence-corrected chi connectivity index (χ3v) is 9.06. The molecule has 0 fully saturated rings. The van der Waals surface area contributed by atoms with Crippen LogP contribution >= 0.6 is 7.82 Å². The first-order chi connectivity index (χ1) is 25.8. The normalized spacial score (nSPS) is 14.1. The Kier molecular flexibility index (Phi) is 37.3. The van der Waals surface area contributed by atoms with Gasteiger partial charge in [0.2, 0.25) is 0 Å². The molecule has 0 aliphatic carbocycles. The highest BCUT2D eigenvalue weighted by atomic mass is 31.2. The number of ether oxygens (including phenoxy) is 2. The summed E-state index contributed by atoms with van der Waals surface area (Å²) in [7, 11) is -4.39. The van der Waals surface area contributed by atoms with E-state index in [0.717, 1.165) is 77.0 Å². The molecular formula is C43H74NO8P. The first-order valence-corrected chi connectivity index (χ1v) is 21.9. The summed E-state index contributed by atoms with van der Waals surface area (Å²) in [6, 6.07) is 0. The summed E-state index contributed by atoms with van der Waals surface area (Å²) in [6.07, 6.45) is 46.5. The number of phosphoric ester groups is 1. The third kappa shape index (κ3) is 39.0. The van der Waals surface area contributed by atoms with Gasteiger partial charge >= 0.3 is 19.8 Å². The van der Waals surface area contributed by atoms with E-state index < -0.39 is 32.5 Å². The van der Waals surface area contributed by atoms with Crippen LogP contribution in [0.2, 0.25) is 0 Å². The molecule has 0 aliphatic rings. The number of esters is 2. The molecule has 10 heteroatoms. The molecule has 0 radical (unpaired) electrons. The summed E-state index contributed by atoms with van der Waals surface area (Å²) in [5.74, 6) is -0.917. The SMILES string of the molecule is CC/C=C/C/C=C/C/C=C/CCCCCCCC(=O)O[C@H](COC(=O)CCC/C=C/C/C=C/C/C=C/CCCCCCCC)COP(=O)(O)OCCN. The van der Waals surface area contributed by atoms with Crippen LogP contribution in [0, 0.1) is 0 Å². The fourth-order valence-electron chi connectivity index (χ4n) is 5.07. The van der Waals surface area contributed by atoms with Crippen LogP contribution in [0.25, 0.3) is 0 Å². The van der Waals surface area contributed by atoms with Crippen molar-refractivity contribution in [2.45, 2.75) is 161 Å². The van der Waals surface area contributed by atoms with Crippen molar-refractivity contribution in [2.75, 3.05) is 26.4 Å². The van der Waals surface area contributed by atoms with Gasteiger partial charge < -0.3 is 20.1 Å². The lowest BCUT2D eigenvalue weighted by Gasteiger charge is -2.19. The second kappa shape index (κ2) is 39.2. The molecule has 0 aromatic carbocycles. The Balaban J connectivity index is 4.31. The quantitative estimate of drug-likeness (QED) is 0.0274. The lowest BCUT2D eigenvalue weighted by molar-refractivity contribution is -0.161. The zero-order chi connectivity index (χ0) is 38.9. The van der Waals surface area contributed by atoms with E-state index in [4.69, 9.17) is 24.3 Å². The highest BCUT2D eigenvalue weighted by Gasteiger charge is 2.25. The van der Waals surface area contributed by atoms with Gasteiger partial charge in [0.1, 0.15) is 6.61 Å². The average Bonchev–Trinajstić information content (AvgIpc) is 3.14. The van der Waals surface area contributed by atoms with Crippen molar-refractivity contribution in [2.24, 2.45) is 5.73 Å². The van der Waals surface area contributed by atoms with Gasteiger partial charge in [0.05, 0.1) is 13.2 Å². The number of unbranched alkanes of at least 4 members (excludes halogenated alkanes) is 12. The van der Waals surface area contributed by atoms with Gasteiger partial charge in [-0.3, -0.25) is 18.6 Å². The van der Waals surface area contributed by atoms with Gasteiger partial charge in [-0.05, 0) is 77.0 Å². The first kappa shape index (κ1) is 50.5. The minimum Gasteiger partial charge on any atom is -0.462 e. The summed E-state index contributed by atoms with van der Waals surface area (Å²) in [6.45, 7) is 3.51. The van der Waals surface area contributed by atoms with E-state index in [9.17, 15) is 19.0 Å². The van der Waals surface area contributed by atoms with Crippen LogP contribution < -0.4 is 5.73 Å². The molecule has 0 spiro atoms. The van der Waals surface area contributed by atoms with E-state index >= 15 is 0 Å². The number of phosphoric acid groups is 1. The van der Waals surface area contributed by atoms with Gasteiger partial charge in [-0.25, -0.2) is 4.57 Å². The standard InChI is InChI=1S/C43H74NO8P/c1-3-5-7-9-11-13-15-17-19-20-22-23-25-27-29-31-33-35-42(45)49-39-41(40-51-53(47,48)50-38-37-44)52-43(46)36-34-32-30-28-26-24-21-18-16-14-12-10-8-6-4-2/h6,8,12,14,17-19,21-23,27,29,41H,3-5,7,9-11,13,15-16,20,24-26,28,30-40,44H2,1-2H3,(H,47,48)/b8-6+,14-12+,19-17+,21-18+,23-22+,29-27+/t41-/m1/s1. The van der Waals surface area contributed by atoms with Crippen LogP contribution in [0.5, 0.6) is 0 Å². The van der Waals surface area contributed by atoms with E-state index in [1.54, 1.807) is 0 Å². The maximum atomic E-state index is 12.5. The summed E-state index contributed by atoms with van der Waals surface area (Å²) in [5.41, 5.74) is 5.33.